The number of hydrogen-bond acceptors (Lipinski definition) is 4. The van der Waals surface area contributed by atoms with Gasteiger partial charge in [-0.25, -0.2) is 0 Å². The Balaban J connectivity index is 2.11. The highest BCUT2D eigenvalue weighted by atomic mass is 35.5. The van der Waals surface area contributed by atoms with Crippen molar-refractivity contribution in [2.24, 2.45) is 5.92 Å². The third-order valence-corrected chi connectivity index (χ3v) is 4.93. The number of hydrogen-bond donors (Lipinski definition) is 1. The van der Waals surface area contributed by atoms with E-state index in [0.29, 0.717) is 28.6 Å². The Morgan fingerprint density at radius 3 is 2.48 bits per heavy atom. The molecule has 0 radical (unpaired) electrons. The molecule has 29 heavy (non-hydrogen) atoms. The number of Topliss-reactive ketones (excluding diaryl/α,β-unsaturated/α-hetero) is 1. The number of anilines is 1. The van der Waals surface area contributed by atoms with Crippen molar-refractivity contribution in [3.8, 4) is 5.75 Å². The van der Waals surface area contributed by atoms with Gasteiger partial charge in [0.05, 0.1) is 18.2 Å². The minimum Gasteiger partial charge on any atom is -0.503 e. The lowest BCUT2D eigenvalue weighted by molar-refractivity contribution is -0.118. The number of rotatable bonds is 7. The summed E-state index contributed by atoms with van der Waals surface area (Å²) in [5, 5.41) is 11.1. The van der Waals surface area contributed by atoms with Crippen molar-refractivity contribution in [1.82, 2.24) is 0 Å². The van der Waals surface area contributed by atoms with E-state index in [0.717, 1.165) is 0 Å². The molecule has 1 unspecified atom stereocenters. The Labute approximate surface area is 175 Å². The molecule has 5 nitrogen and oxygen atoms in total. The molecule has 1 aliphatic rings. The van der Waals surface area contributed by atoms with Gasteiger partial charge in [-0.3, -0.25) is 14.5 Å². The highest BCUT2D eigenvalue weighted by Crippen LogP contribution is 2.42. The van der Waals surface area contributed by atoms with E-state index in [1.54, 1.807) is 36.4 Å². The van der Waals surface area contributed by atoms with Crippen LogP contribution in [-0.4, -0.2) is 23.4 Å². The summed E-state index contributed by atoms with van der Waals surface area (Å²) in [4.78, 5) is 27.4. The standard InChI is InChI=1S/C23H24ClNO4/c1-4-29-18-10-8-15(9-11-18)21-20(19(26)12-14(2)3)22(27)23(28)25(21)17-7-5-6-16(24)13-17/h5-11,13-14,21,27H,4,12H2,1-3H3. The van der Waals surface area contributed by atoms with E-state index in [4.69, 9.17) is 16.3 Å². The number of carbonyl (C=O) groups excluding carboxylic acids is 2. The molecule has 0 spiro atoms. The highest BCUT2D eigenvalue weighted by molar-refractivity contribution is 6.31. The van der Waals surface area contributed by atoms with Crippen LogP contribution >= 0.6 is 11.6 Å². The van der Waals surface area contributed by atoms with Crippen molar-refractivity contribution in [1.29, 1.82) is 0 Å². The van der Waals surface area contributed by atoms with Gasteiger partial charge >= 0.3 is 0 Å². The van der Waals surface area contributed by atoms with Gasteiger partial charge in [-0.05, 0) is 48.7 Å². The highest BCUT2D eigenvalue weighted by Gasteiger charge is 2.44. The molecule has 0 saturated heterocycles. The molecule has 1 amide bonds. The predicted octanol–water partition coefficient (Wildman–Crippen LogP) is 5.25. The first-order chi connectivity index (χ1) is 13.8. The molecule has 0 bridgehead atoms. The van der Waals surface area contributed by atoms with Gasteiger partial charge in [-0.15, -0.1) is 0 Å². The molecule has 1 aliphatic heterocycles. The van der Waals surface area contributed by atoms with E-state index >= 15 is 0 Å². The van der Waals surface area contributed by atoms with Gasteiger partial charge < -0.3 is 9.84 Å². The maximum Gasteiger partial charge on any atom is 0.294 e. The summed E-state index contributed by atoms with van der Waals surface area (Å²) in [6.45, 7) is 6.28. The maximum absolute atomic E-state index is 13.0. The first-order valence-electron chi connectivity index (χ1n) is 9.61. The topological polar surface area (TPSA) is 66.8 Å². The molecule has 2 aromatic rings. The van der Waals surface area contributed by atoms with E-state index in [9.17, 15) is 14.7 Å². The van der Waals surface area contributed by atoms with Gasteiger partial charge in [0.1, 0.15) is 5.75 Å². The lowest BCUT2D eigenvalue weighted by Crippen LogP contribution is -2.31. The lowest BCUT2D eigenvalue weighted by Gasteiger charge is -2.27. The second-order valence-electron chi connectivity index (χ2n) is 7.34. The van der Waals surface area contributed by atoms with Crippen LogP contribution < -0.4 is 9.64 Å². The number of ether oxygens (including phenoxy) is 1. The first-order valence-corrected chi connectivity index (χ1v) is 9.99. The number of benzene rings is 2. The second kappa shape index (κ2) is 8.70. The van der Waals surface area contributed by atoms with Crippen molar-refractivity contribution < 1.29 is 19.4 Å². The van der Waals surface area contributed by atoms with Crippen LogP contribution in [0.25, 0.3) is 0 Å². The van der Waals surface area contributed by atoms with Crippen LogP contribution in [0.3, 0.4) is 0 Å². The van der Waals surface area contributed by atoms with E-state index in [2.05, 4.69) is 0 Å². The summed E-state index contributed by atoms with van der Waals surface area (Å²) in [6, 6.07) is 13.3. The summed E-state index contributed by atoms with van der Waals surface area (Å²) < 4.78 is 5.49. The summed E-state index contributed by atoms with van der Waals surface area (Å²) >= 11 is 6.13. The Morgan fingerprint density at radius 1 is 1.21 bits per heavy atom. The van der Waals surface area contributed by atoms with E-state index < -0.39 is 17.7 Å². The fourth-order valence-electron chi connectivity index (χ4n) is 3.49. The number of aliphatic hydroxyl groups is 1. The Bertz CT molecular complexity index is 950. The minimum atomic E-state index is -0.733. The minimum absolute atomic E-state index is 0.0964. The largest absolute Gasteiger partial charge is 0.503 e. The smallest absolute Gasteiger partial charge is 0.294 e. The van der Waals surface area contributed by atoms with Gasteiger partial charge in [-0.2, -0.15) is 0 Å². The molecular formula is C23H24ClNO4. The molecule has 0 fully saturated rings. The van der Waals surface area contributed by atoms with E-state index in [-0.39, 0.29) is 23.7 Å². The van der Waals surface area contributed by atoms with Gasteiger partial charge in [0, 0.05) is 17.1 Å². The van der Waals surface area contributed by atoms with E-state index in [1.807, 2.05) is 32.9 Å². The van der Waals surface area contributed by atoms with Crippen LogP contribution in [-0.2, 0) is 9.59 Å². The third kappa shape index (κ3) is 4.30. The zero-order valence-electron chi connectivity index (χ0n) is 16.7. The summed E-state index contributed by atoms with van der Waals surface area (Å²) in [5.41, 5.74) is 1.34. The third-order valence-electron chi connectivity index (χ3n) is 4.70. The van der Waals surface area contributed by atoms with Crippen molar-refractivity contribution in [3.05, 3.63) is 70.4 Å². The van der Waals surface area contributed by atoms with Crippen LogP contribution in [0.15, 0.2) is 59.9 Å². The number of nitrogens with zero attached hydrogens (tertiary/aromatic N) is 1. The average molecular weight is 414 g/mol. The molecule has 1 N–H and O–H groups in total. The Morgan fingerprint density at radius 2 is 1.90 bits per heavy atom. The predicted molar refractivity (Wildman–Crippen MR) is 113 cm³/mol. The molecule has 1 atom stereocenters. The van der Waals surface area contributed by atoms with Crippen LogP contribution in [0, 0.1) is 5.92 Å². The van der Waals surface area contributed by atoms with E-state index in [1.165, 1.54) is 4.90 Å². The normalized spacial score (nSPS) is 16.7. The fourth-order valence-corrected chi connectivity index (χ4v) is 3.68. The number of ketones is 1. The molecule has 0 saturated carbocycles. The number of carbonyl (C=O) groups is 2. The summed E-state index contributed by atoms with van der Waals surface area (Å²) in [6.07, 6.45) is 0.240. The zero-order chi connectivity index (χ0) is 21.1. The fraction of sp³-hybridized carbons (Fsp3) is 0.304. The summed E-state index contributed by atoms with van der Waals surface area (Å²) in [7, 11) is 0. The van der Waals surface area contributed by atoms with Crippen LogP contribution in [0.2, 0.25) is 5.02 Å². The quantitative estimate of drug-likeness (QED) is 0.672. The SMILES string of the molecule is CCOc1ccc(C2C(C(=O)CC(C)C)=C(O)C(=O)N2c2cccc(Cl)c2)cc1. The molecule has 6 heteroatoms. The molecule has 0 aromatic heterocycles. The molecule has 2 aromatic carbocycles. The van der Waals surface area contributed by atoms with Crippen LogP contribution in [0.1, 0.15) is 38.8 Å². The monoisotopic (exact) mass is 413 g/mol. The molecular weight excluding hydrogens is 390 g/mol. The molecule has 3 rings (SSSR count). The van der Waals surface area contributed by atoms with Crippen molar-refractivity contribution in [3.63, 3.8) is 0 Å². The van der Waals surface area contributed by atoms with Gasteiger partial charge in [0.25, 0.3) is 5.91 Å². The molecule has 0 aliphatic carbocycles. The summed E-state index contributed by atoms with van der Waals surface area (Å²) in [5.74, 6) is -0.570. The number of aliphatic hydroxyl groups excluding tert-OH is 1. The Kier molecular flexibility index (Phi) is 6.28. The van der Waals surface area contributed by atoms with Gasteiger partial charge in [0.2, 0.25) is 0 Å². The molecule has 152 valence electrons. The van der Waals surface area contributed by atoms with Gasteiger partial charge in [0.15, 0.2) is 11.5 Å². The average Bonchev–Trinajstić information content (AvgIpc) is 2.93. The van der Waals surface area contributed by atoms with Crippen LogP contribution in [0.4, 0.5) is 5.69 Å². The van der Waals surface area contributed by atoms with Crippen molar-refractivity contribution in [2.75, 3.05) is 11.5 Å². The zero-order valence-corrected chi connectivity index (χ0v) is 17.4. The Hall–Kier alpha value is -2.79. The van der Waals surface area contributed by atoms with Crippen molar-refractivity contribution in [2.45, 2.75) is 33.2 Å². The molecule has 1 heterocycles. The van der Waals surface area contributed by atoms with Crippen molar-refractivity contribution >= 4 is 29.0 Å². The second-order valence-corrected chi connectivity index (χ2v) is 7.78. The number of halogens is 1. The van der Waals surface area contributed by atoms with Gasteiger partial charge in [-0.1, -0.05) is 43.6 Å². The number of amides is 1. The lowest BCUT2D eigenvalue weighted by atomic mass is 9.92. The van der Waals surface area contributed by atoms with Crippen LogP contribution in [0.5, 0.6) is 5.75 Å². The maximum atomic E-state index is 13.0. The first kappa shape index (κ1) is 20.9.